The molecular weight excluding hydrogens is 265 g/mol. The SMILES string of the molecule is Cc1cc([N+](=O)[O-])cc(C(=O)NCC2CCCN2)c1F. The summed E-state index contributed by atoms with van der Waals surface area (Å²) in [4.78, 5) is 22.1. The molecule has 0 radical (unpaired) electrons. The summed E-state index contributed by atoms with van der Waals surface area (Å²) in [5, 5.41) is 16.6. The van der Waals surface area contributed by atoms with Crippen molar-refractivity contribution < 1.29 is 14.1 Å². The predicted molar refractivity (Wildman–Crippen MR) is 71.1 cm³/mol. The minimum atomic E-state index is -0.715. The van der Waals surface area contributed by atoms with E-state index in [0.29, 0.717) is 6.54 Å². The van der Waals surface area contributed by atoms with Crippen LogP contribution in [0.3, 0.4) is 0 Å². The number of hydrogen-bond acceptors (Lipinski definition) is 4. The zero-order valence-electron chi connectivity index (χ0n) is 11.1. The fourth-order valence-electron chi connectivity index (χ4n) is 2.26. The van der Waals surface area contributed by atoms with Crippen LogP contribution in [0.5, 0.6) is 0 Å². The van der Waals surface area contributed by atoms with Crippen LogP contribution in [0.2, 0.25) is 0 Å². The summed E-state index contributed by atoms with van der Waals surface area (Å²) in [6.07, 6.45) is 2.00. The smallest absolute Gasteiger partial charge is 0.270 e. The van der Waals surface area contributed by atoms with E-state index in [9.17, 15) is 19.3 Å². The van der Waals surface area contributed by atoms with Crippen LogP contribution >= 0.6 is 0 Å². The van der Waals surface area contributed by atoms with Crippen molar-refractivity contribution >= 4 is 11.6 Å². The van der Waals surface area contributed by atoms with Crippen molar-refractivity contribution in [3.05, 3.63) is 39.2 Å². The van der Waals surface area contributed by atoms with Gasteiger partial charge in [-0.15, -0.1) is 0 Å². The van der Waals surface area contributed by atoms with Gasteiger partial charge in [0.1, 0.15) is 5.82 Å². The van der Waals surface area contributed by atoms with Gasteiger partial charge in [0.2, 0.25) is 0 Å². The van der Waals surface area contributed by atoms with Crippen molar-refractivity contribution in [2.45, 2.75) is 25.8 Å². The quantitative estimate of drug-likeness (QED) is 0.647. The summed E-state index contributed by atoms with van der Waals surface area (Å²) in [7, 11) is 0. The first-order valence-electron chi connectivity index (χ1n) is 6.45. The summed E-state index contributed by atoms with van der Waals surface area (Å²) in [5.41, 5.74) is -0.480. The third-order valence-electron chi connectivity index (χ3n) is 3.37. The molecule has 1 heterocycles. The highest BCUT2D eigenvalue weighted by Gasteiger charge is 2.21. The number of hydrogen-bond donors (Lipinski definition) is 2. The molecule has 0 bridgehead atoms. The van der Waals surface area contributed by atoms with Crippen LogP contribution in [0.4, 0.5) is 10.1 Å². The first-order valence-corrected chi connectivity index (χ1v) is 6.45. The lowest BCUT2D eigenvalue weighted by molar-refractivity contribution is -0.385. The lowest BCUT2D eigenvalue weighted by atomic mass is 10.1. The second-order valence-electron chi connectivity index (χ2n) is 4.88. The Kier molecular flexibility index (Phi) is 4.29. The largest absolute Gasteiger partial charge is 0.350 e. The van der Waals surface area contributed by atoms with Crippen LogP contribution < -0.4 is 10.6 Å². The lowest BCUT2D eigenvalue weighted by Crippen LogP contribution is -2.37. The molecule has 1 fully saturated rings. The molecule has 0 aliphatic carbocycles. The Morgan fingerprint density at radius 2 is 2.35 bits per heavy atom. The van der Waals surface area contributed by atoms with Crippen LogP contribution in [0.15, 0.2) is 12.1 Å². The van der Waals surface area contributed by atoms with Gasteiger partial charge in [-0.3, -0.25) is 14.9 Å². The highest BCUT2D eigenvalue weighted by atomic mass is 19.1. The van der Waals surface area contributed by atoms with Gasteiger partial charge >= 0.3 is 0 Å². The van der Waals surface area contributed by atoms with Crippen LogP contribution in [0.25, 0.3) is 0 Å². The van der Waals surface area contributed by atoms with E-state index < -0.39 is 16.6 Å². The van der Waals surface area contributed by atoms with E-state index in [-0.39, 0.29) is 22.9 Å². The number of nitro groups is 1. The molecule has 108 valence electrons. The van der Waals surface area contributed by atoms with E-state index in [2.05, 4.69) is 10.6 Å². The molecule has 0 spiro atoms. The van der Waals surface area contributed by atoms with E-state index >= 15 is 0 Å². The van der Waals surface area contributed by atoms with Crippen molar-refractivity contribution in [3.8, 4) is 0 Å². The molecule has 0 aromatic heterocycles. The van der Waals surface area contributed by atoms with Crippen molar-refractivity contribution in [2.24, 2.45) is 0 Å². The maximum atomic E-state index is 13.9. The number of carbonyl (C=O) groups is 1. The third kappa shape index (κ3) is 3.11. The molecule has 2 rings (SSSR count). The van der Waals surface area contributed by atoms with Crippen LogP contribution in [-0.2, 0) is 0 Å². The Morgan fingerprint density at radius 1 is 1.60 bits per heavy atom. The van der Waals surface area contributed by atoms with Crippen molar-refractivity contribution in [2.75, 3.05) is 13.1 Å². The van der Waals surface area contributed by atoms with Gasteiger partial charge in [0.15, 0.2) is 0 Å². The first kappa shape index (κ1) is 14.4. The molecule has 1 aromatic rings. The molecule has 0 saturated carbocycles. The molecule has 1 unspecified atom stereocenters. The molecule has 2 N–H and O–H groups in total. The van der Waals surface area contributed by atoms with Gasteiger partial charge < -0.3 is 10.6 Å². The Hall–Kier alpha value is -2.02. The van der Waals surface area contributed by atoms with Crippen LogP contribution in [0, 0.1) is 22.9 Å². The fourth-order valence-corrected chi connectivity index (χ4v) is 2.26. The average molecular weight is 281 g/mol. The van der Waals surface area contributed by atoms with Gasteiger partial charge in [0.25, 0.3) is 11.6 Å². The van der Waals surface area contributed by atoms with Gasteiger partial charge in [0, 0.05) is 24.7 Å². The summed E-state index contributed by atoms with van der Waals surface area (Å²) in [6.45, 7) is 2.70. The summed E-state index contributed by atoms with van der Waals surface area (Å²) in [5.74, 6) is -1.34. The van der Waals surface area contributed by atoms with Gasteiger partial charge in [-0.1, -0.05) is 0 Å². The molecule has 1 atom stereocenters. The molecule has 1 aliphatic rings. The van der Waals surface area contributed by atoms with Crippen molar-refractivity contribution in [1.82, 2.24) is 10.6 Å². The highest BCUT2D eigenvalue weighted by Crippen LogP contribution is 2.21. The maximum absolute atomic E-state index is 13.9. The van der Waals surface area contributed by atoms with E-state index in [4.69, 9.17) is 0 Å². The minimum Gasteiger partial charge on any atom is -0.350 e. The number of aryl methyl sites for hydroxylation is 1. The second-order valence-corrected chi connectivity index (χ2v) is 4.88. The van der Waals surface area contributed by atoms with Gasteiger partial charge in [-0.2, -0.15) is 0 Å². The molecular formula is C13H16FN3O3. The molecule has 6 nitrogen and oxygen atoms in total. The number of amides is 1. The Bertz CT molecular complexity index is 542. The summed E-state index contributed by atoms with van der Waals surface area (Å²) < 4.78 is 13.9. The first-order chi connectivity index (χ1) is 9.49. The number of nitrogens with one attached hydrogen (secondary N) is 2. The Morgan fingerprint density at radius 3 is 2.95 bits per heavy atom. The Labute approximate surface area is 115 Å². The minimum absolute atomic E-state index is 0.0864. The zero-order valence-corrected chi connectivity index (χ0v) is 11.1. The number of benzene rings is 1. The third-order valence-corrected chi connectivity index (χ3v) is 3.37. The second kappa shape index (κ2) is 5.96. The topological polar surface area (TPSA) is 84.3 Å². The molecule has 7 heteroatoms. The fraction of sp³-hybridized carbons (Fsp3) is 0.462. The normalized spacial score (nSPS) is 18.0. The lowest BCUT2D eigenvalue weighted by Gasteiger charge is -2.12. The molecule has 1 aromatic carbocycles. The monoisotopic (exact) mass is 281 g/mol. The zero-order chi connectivity index (χ0) is 14.7. The maximum Gasteiger partial charge on any atom is 0.270 e. The van der Waals surface area contributed by atoms with Gasteiger partial charge in [-0.25, -0.2) is 4.39 Å². The van der Waals surface area contributed by atoms with Crippen molar-refractivity contribution in [1.29, 1.82) is 0 Å². The number of rotatable bonds is 4. The molecule has 1 amide bonds. The van der Waals surface area contributed by atoms with E-state index in [1.807, 2.05) is 0 Å². The number of nitro benzene ring substituents is 1. The molecule has 1 aliphatic heterocycles. The Balaban J connectivity index is 2.13. The number of nitrogens with zero attached hydrogens (tertiary/aromatic N) is 1. The number of carbonyl (C=O) groups excluding carboxylic acids is 1. The standard InChI is InChI=1S/C13H16FN3O3/c1-8-5-10(17(19)20)6-11(12(8)14)13(18)16-7-9-3-2-4-15-9/h5-6,9,15H,2-4,7H2,1H3,(H,16,18). The molecule has 20 heavy (non-hydrogen) atoms. The van der Waals surface area contributed by atoms with Crippen molar-refractivity contribution in [3.63, 3.8) is 0 Å². The van der Waals surface area contributed by atoms with Gasteiger partial charge in [0.05, 0.1) is 10.5 Å². The van der Waals surface area contributed by atoms with E-state index in [0.717, 1.165) is 31.5 Å². The average Bonchev–Trinajstić information content (AvgIpc) is 2.92. The van der Waals surface area contributed by atoms with Crippen LogP contribution in [0.1, 0.15) is 28.8 Å². The summed E-state index contributed by atoms with van der Waals surface area (Å²) >= 11 is 0. The number of non-ortho nitro benzene ring substituents is 1. The number of halogens is 1. The van der Waals surface area contributed by atoms with E-state index in [1.54, 1.807) is 0 Å². The summed E-state index contributed by atoms with van der Waals surface area (Å²) in [6, 6.07) is 2.27. The highest BCUT2D eigenvalue weighted by molar-refractivity contribution is 5.95. The van der Waals surface area contributed by atoms with Crippen LogP contribution in [-0.4, -0.2) is 30.0 Å². The molecule has 1 saturated heterocycles. The predicted octanol–water partition coefficient (Wildman–Crippen LogP) is 1.52. The van der Waals surface area contributed by atoms with Gasteiger partial charge in [-0.05, 0) is 31.9 Å². The van der Waals surface area contributed by atoms with E-state index in [1.165, 1.54) is 6.92 Å².